The summed E-state index contributed by atoms with van der Waals surface area (Å²) in [4.78, 5) is 17.8. The molecule has 0 aliphatic rings. The number of nitrogen functional groups attached to an aromatic ring is 1. The van der Waals surface area contributed by atoms with Gasteiger partial charge in [-0.1, -0.05) is 41.2 Å². The highest BCUT2D eigenvalue weighted by atomic mass is 32.2. The zero-order valence-corrected chi connectivity index (χ0v) is 14.8. The summed E-state index contributed by atoms with van der Waals surface area (Å²) in [5.41, 5.74) is 7.98. The third-order valence-corrected chi connectivity index (χ3v) is 5.37. The molecular weight excluding hydrogens is 354 g/mol. The smallest absolute Gasteiger partial charge is 0.266 e. The number of aryl methyl sites for hydroxylation is 1. The molecular formula is C17H13N5OS2. The van der Waals surface area contributed by atoms with Crippen molar-refractivity contribution in [3.63, 3.8) is 0 Å². The molecule has 6 nitrogen and oxygen atoms in total. The van der Waals surface area contributed by atoms with Gasteiger partial charge in [-0.2, -0.15) is 0 Å². The largest absolute Gasteiger partial charge is 0.374 e. The Morgan fingerprint density at radius 3 is 2.64 bits per heavy atom. The predicted octanol–water partition coefficient (Wildman–Crippen LogP) is 3.28. The Morgan fingerprint density at radius 1 is 1.12 bits per heavy atom. The third-order valence-electron chi connectivity index (χ3n) is 3.61. The zero-order valence-electron chi connectivity index (χ0n) is 13.2. The van der Waals surface area contributed by atoms with E-state index < -0.39 is 0 Å². The van der Waals surface area contributed by atoms with E-state index in [0.717, 1.165) is 11.3 Å². The lowest BCUT2D eigenvalue weighted by Crippen LogP contribution is -2.21. The maximum atomic E-state index is 13.1. The summed E-state index contributed by atoms with van der Waals surface area (Å²) >= 11 is 2.54. The van der Waals surface area contributed by atoms with Gasteiger partial charge in [0.2, 0.25) is 5.13 Å². The summed E-state index contributed by atoms with van der Waals surface area (Å²) in [7, 11) is 0. The van der Waals surface area contributed by atoms with Crippen molar-refractivity contribution in [2.24, 2.45) is 0 Å². The molecule has 2 aromatic carbocycles. The van der Waals surface area contributed by atoms with Crippen LogP contribution in [0.1, 0.15) is 5.56 Å². The molecule has 8 heteroatoms. The Bertz CT molecular complexity index is 1120. The predicted molar refractivity (Wildman–Crippen MR) is 101 cm³/mol. The SMILES string of the molecule is Cc1ccc2nc(Sc3nnc(N)s3)n(-c3ccccc3)c(=O)c2c1. The van der Waals surface area contributed by atoms with Crippen molar-refractivity contribution in [1.82, 2.24) is 19.7 Å². The minimum Gasteiger partial charge on any atom is -0.374 e. The van der Waals surface area contributed by atoms with Crippen LogP contribution in [0.3, 0.4) is 0 Å². The van der Waals surface area contributed by atoms with Crippen LogP contribution in [0.4, 0.5) is 5.13 Å². The fraction of sp³-hybridized carbons (Fsp3) is 0.0588. The van der Waals surface area contributed by atoms with Crippen LogP contribution in [0.15, 0.2) is 62.8 Å². The number of nitrogens with zero attached hydrogens (tertiary/aromatic N) is 4. The monoisotopic (exact) mass is 367 g/mol. The summed E-state index contributed by atoms with van der Waals surface area (Å²) in [6, 6.07) is 15.1. The number of hydrogen-bond donors (Lipinski definition) is 1. The van der Waals surface area contributed by atoms with Gasteiger partial charge in [-0.3, -0.25) is 9.36 Å². The molecule has 0 atom stereocenters. The van der Waals surface area contributed by atoms with Crippen LogP contribution in [0, 0.1) is 6.92 Å². The second kappa shape index (κ2) is 6.30. The number of hydrogen-bond acceptors (Lipinski definition) is 7. The summed E-state index contributed by atoms with van der Waals surface area (Å²) in [6.07, 6.45) is 0. The molecule has 25 heavy (non-hydrogen) atoms. The Kier molecular flexibility index (Phi) is 3.98. The van der Waals surface area contributed by atoms with E-state index in [0.29, 0.717) is 25.5 Å². The standard InChI is InChI=1S/C17H13N5OS2/c1-10-7-8-13-12(9-10)14(23)22(11-5-3-2-4-6-11)16(19-13)25-17-21-20-15(18)24-17/h2-9H,1H3,(H2,18,20). The summed E-state index contributed by atoms with van der Waals surface area (Å²) in [5.74, 6) is 0. The maximum absolute atomic E-state index is 13.1. The molecule has 2 aromatic heterocycles. The lowest BCUT2D eigenvalue weighted by atomic mass is 10.1. The molecule has 0 aliphatic carbocycles. The number of rotatable bonds is 3. The second-order valence-corrected chi connectivity index (χ2v) is 7.62. The first-order valence-corrected chi connectivity index (χ1v) is 9.11. The van der Waals surface area contributed by atoms with Crippen LogP contribution < -0.4 is 11.3 Å². The first-order chi connectivity index (χ1) is 12.1. The number of benzene rings is 2. The van der Waals surface area contributed by atoms with Gasteiger partial charge in [0, 0.05) is 0 Å². The van der Waals surface area contributed by atoms with Crippen molar-refractivity contribution in [3.05, 3.63) is 64.4 Å². The van der Waals surface area contributed by atoms with Crippen LogP contribution in [-0.4, -0.2) is 19.7 Å². The molecule has 0 fully saturated rings. The Morgan fingerprint density at radius 2 is 1.92 bits per heavy atom. The van der Waals surface area contributed by atoms with Crippen molar-refractivity contribution in [1.29, 1.82) is 0 Å². The Labute approximate surface area is 151 Å². The molecule has 0 saturated carbocycles. The second-order valence-electron chi connectivity index (χ2n) is 5.40. The lowest BCUT2D eigenvalue weighted by molar-refractivity contribution is 0.818. The van der Waals surface area contributed by atoms with Gasteiger partial charge >= 0.3 is 0 Å². The number of nitrogens with two attached hydrogens (primary N) is 1. The quantitative estimate of drug-likeness (QED) is 0.559. The Hall–Kier alpha value is -2.71. The van der Waals surface area contributed by atoms with Crippen LogP contribution in [-0.2, 0) is 0 Å². The molecule has 0 aliphatic heterocycles. The number of anilines is 1. The van der Waals surface area contributed by atoms with Crippen molar-refractivity contribution >= 4 is 39.1 Å². The molecule has 0 radical (unpaired) electrons. The van der Waals surface area contributed by atoms with E-state index in [2.05, 4.69) is 15.2 Å². The van der Waals surface area contributed by atoms with Gasteiger partial charge in [-0.25, -0.2) is 4.98 Å². The highest BCUT2D eigenvalue weighted by Crippen LogP contribution is 2.31. The van der Waals surface area contributed by atoms with Crippen molar-refractivity contribution in [2.75, 3.05) is 5.73 Å². The van der Waals surface area contributed by atoms with E-state index >= 15 is 0 Å². The van der Waals surface area contributed by atoms with Gasteiger partial charge in [-0.15, -0.1) is 10.2 Å². The average molecular weight is 367 g/mol. The van der Waals surface area contributed by atoms with E-state index in [1.54, 1.807) is 4.57 Å². The first-order valence-electron chi connectivity index (χ1n) is 7.47. The molecule has 0 saturated heterocycles. The minimum absolute atomic E-state index is 0.111. The van der Waals surface area contributed by atoms with Gasteiger partial charge in [0.15, 0.2) is 9.50 Å². The highest BCUT2D eigenvalue weighted by molar-refractivity contribution is 8.00. The molecule has 124 valence electrons. The number of aromatic nitrogens is 4. The molecule has 4 rings (SSSR count). The third kappa shape index (κ3) is 3.01. The molecule has 0 amide bonds. The van der Waals surface area contributed by atoms with Gasteiger partial charge < -0.3 is 5.73 Å². The lowest BCUT2D eigenvalue weighted by Gasteiger charge is -2.12. The maximum Gasteiger partial charge on any atom is 0.266 e. The van der Waals surface area contributed by atoms with E-state index in [4.69, 9.17) is 5.73 Å². The van der Waals surface area contributed by atoms with Crippen LogP contribution in [0.2, 0.25) is 0 Å². The highest BCUT2D eigenvalue weighted by Gasteiger charge is 2.16. The average Bonchev–Trinajstić information content (AvgIpc) is 3.01. The summed E-state index contributed by atoms with van der Waals surface area (Å²) in [6.45, 7) is 1.96. The summed E-state index contributed by atoms with van der Waals surface area (Å²) in [5, 5.41) is 9.34. The van der Waals surface area contributed by atoms with Gasteiger partial charge in [0.05, 0.1) is 16.6 Å². The molecule has 4 aromatic rings. The zero-order chi connectivity index (χ0) is 17.4. The molecule has 0 unspecified atom stereocenters. The number of fused-ring (bicyclic) bond motifs is 1. The van der Waals surface area contributed by atoms with Gasteiger partial charge in [0.1, 0.15) is 0 Å². The van der Waals surface area contributed by atoms with E-state index in [1.807, 2.05) is 55.5 Å². The fourth-order valence-corrected chi connectivity index (χ4v) is 4.14. The van der Waals surface area contributed by atoms with E-state index in [9.17, 15) is 4.79 Å². The van der Waals surface area contributed by atoms with Crippen molar-refractivity contribution in [2.45, 2.75) is 16.4 Å². The van der Waals surface area contributed by atoms with Crippen LogP contribution in [0.25, 0.3) is 16.6 Å². The molecule has 2 N–H and O–H groups in total. The minimum atomic E-state index is -0.111. The molecule has 2 heterocycles. The van der Waals surface area contributed by atoms with Crippen molar-refractivity contribution < 1.29 is 0 Å². The molecule has 0 spiro atoms. The number of para-hydroxylation sites is 1. The van der Waals surface area contributed by atoms with Gasteiger partial charge in [-0.05, 0) is 43.0 Å². The van der Waals surface area contributed by atoms with Crippen LogP contribution in [0.5, 0.6) is 0 Å². The summed E-state index contributed by atoms with van der Waals surface area (Å²) < 4.78 is 2.24. The fourth-order valence-electron chi connectivity index (χ4n) is 2.49. The van der Waals surface area contributed by atoms with Crippen molar-refractivity contribution in [3.8, 4) is 5.69 Å². The molecule has 0 bridgehead atoms. The van der Waals surface area contributed by atoms with Crippen LogP contribution >= 0.6 is 23.1 Å². The Balaban J connectivity index is 1.99. The van der Waals surface area contributed by atoms with E-state index in [-0.39, 0.29) is 5.56 Å². The van der Waals surface area contributed by atoms with E-state index in [1.165, 1.54) is 23.1 Å². The topological polar surface area (TPSA) is 86.7 Å². The normalized spacial score (nSPS) is 11.1. The van der Waals surface area contributed by atoms with Gasteiger partial charge in [0.25, 0.3) is 5.56 Å². The first kappa shape index (κ1) is 15.8.